The minimum Gasteiger partial charge on any atom is -0.367 e. The van der Waals surface area contributed by atoms with Crippen molar-refractivity contribution >= 4 is 24.1 Å². The van der Waals surface area contributed by atoms with Crippen LogP contribution in [0.5, 0.6) is 0 Å². The van der Waals surface area contributed by atoms with E-state index in [1.54, 1.807) is 13.1 Å². The Morgan fingerprint density at radius 1 is 1.19 bits per heavy atom. The molecule has 3 aromatic rings. The molecule has 1 aromatic heterocycles. The Morgan fingerprint density at radius 3 is 2.56 bits per heavy atom. The van der Waals surface area contributed by atoms with Gasteiger partial charge in [0.05, 0.1) is 6.21 Å². The molecule has 0 saturated carbocycles. The first-order valence-corrected chi connectivity index (χ1v) is 9.11. The maximum Gasteiger partial charge on any atom is 0.296 e. The van der Waals surface area contributed by atoms with E-state index < -0.39 is 0 Å². The summed E-state index contributed by atoms with van der Waals surface area (Å²) in [6, 6.07) is 18.4. The fraction of sp³-hybridized carbons (Fsp3) is 0.200. The molecule has 0 unspecified atom stereocenters. The van der Waals surface area contributed by atoms with Crippen LogP contribution in [0, 0.1) is 11.7 Å². The zero-order chi connectivity index (χ0) is 19.2. The van der Waals surface area contributed by atoms with E-state index in [0.29, 0.717) is 5.69 Å². The molecule has 1 heterocycles. The molecule has 0 amide bonds. The van der Waals surface area contributed by atoms with Gasteiger partial charge in [-0.2, -0.15) is 14.9 Å². The molecule has 0 fully saturated rings. The van der Waals surface area contributed by atoms with Crippen molar-refractivity contribution in [1.29, 1.82) is 0 Å². The van der Waals surface area contributed by atoms with Gasteiger partial charge in [0.15, 0.2) is 0 Å². The summed E-state index contributed by atoms with van der Waals surface area (Å²) in [6.07, 6.45) is 1.61. The number of hydrogen-bond acceptors (Lipinski definition) is 5. The van der Waals surface area contributed by atoms with Gasteiger partial charge in [-0.05, 0) is 49.3 Å². The SMILES string of the molecule is CCN(Cc1ccccc1)c1ccc(/C=N/n2c(=S)[nH]nc(C)c2=O)cc1. The lowest BCUT2D eigenvalue weighted by Gasteiger charge is -2.23. The van der Waals surface area contributed by atoms with Crippen LogP contribution in [0.15, 0.2) is 64.5 Å². The Morgan fingerprint density at radius 2 is 1.89 bits per heavy atom. The number of nitrogens with one attached hydrogen (secondary N) is 1. The molecule has 0 atom stereocenters. The summed E-state index contributed by atoms with van der Waals surface area (Å²) in [5, 5.41) is 10.6. The van der Waals surface area contributed by atoms with Crippen molar-refractivity contribution in [1.82, 2.24) is 14.9 Å². The molecule has 2 aromatic carbocycles. The molecular weight excluding hydrogens is 358 g/mol. The monoisotopic (exact) mass is 379 g/mol. The van der Waals surface area contributed by atoms with Crippen LogP contribution in [0.2, 0.25) is 0 Å². The predicted molar refractivity (Wildman–Crippen MR) is 111 cm³/mol. The lowest BCUT2D eigenvalue weighted by molar-refractivity contribution is 0.720. The number of H-pyrrole nitrogens is 1. The van der Waals surface area contributed by atoms with Crippen molar-refractivity contribution < 1.29 is 0 Å². The van der Waals surface area contributed by atoms with Gasteiger partial charge >= 0.3 is 0 Å². The number of rotatable bonds is 6. The van der Waals surface area contributed by atoms with Crippen LogP contribution in [0.3, 0.4) is 0 Å². The molecule has 27 heavy (non-hydrogen) atoms. The largest absolute Gasteiger partial charge is 0.367 e. The van der Waals surface area contributed by atoms with E-state index in [-0.39, 0.29) is 10.3 Å². The number of anilines is 1. The number of hydrogen-bond donors (Lipinski definition) is 1. The smallest absolute Gasteiger partial charge is 0.296 e. The first-order valence-electron chi connectivity index (χ1n) is 8.70. The van der Waals surface area contributed by atoms with Gasteiger partial charge < -0.3 is 4.90 Å². The Bertz CT molecular complexity index is 1040. The average Bonchev–Trinajstić information content (AvgIpc) is 2.70. The molecule has 0 radical (unpaired) electrons. The molecule has 0 aliphatic heterocycles. The van der Waals surface area contributed by atoms with E-state index in [9.17, 15) is 4.79 Å². The first kappa shape index (κ1) is 18.7. The van der Waals surface area contributed by atoms with E-state index >= 15 is 0 Å². The Hall–Kier alpha value is -3.06. The van der Waals surface area contributed by atoms with E-state index in [2.05, 4.69) is 63.5 Å². The van der Waals surface area contributed by atoms with Gasteiger partial charge in [0.1, 0.15) is 5.69 Å². The number of aromatic amines is 1. The van der Waals surface area contributed by atoms with Crippen molar-refractivity contribution in [3.05, 3.63) is 86.5 Å². The van der Waals surface area contributed by atoms with Crippen LogP contribution in [-0.4, -0.2) is 27.6 Å². The van der Waals surface area contributed by atoms with E-state index in [1.165, 1.54) is 5.56 Å². The molecule has 0 bridgehead atoms. The first-order chi connectivity index (χ1) is 13.1. The van der Waals surface area contributed by atoms with Crippen LogP contribution < -0.4 is 10.5 Å². The highest BCUT2D eigenvalue weighted by atomic mass is 32.1. The maximum atomic E-state index is 12.1. The van der Waals surface area contributed by atoms with Crippen molar-refractivity contribution in [3.63, 3.8) is 0 Å². The highest BCUT2D eigenvalue weighted by Gasteiger charge is 2.05. The van der Waals surface area contributed by atoms with Crippen LogP contribution in [-0.2, 0) is 6.54 Å². The Balaban J connectivity index is 1.78. The van der Waals surface area contributed by atoms with Crippen molar-refractivity contribution in [3.8, 4) is 0 Å². The molecule has 0 saturated heterocycles. The summed E-state index contributed by atoms with van der Waals surface area (Å²) in [5.74, 6) is 0. The van der Waals surface area contributed by atoms with Gasteiger partial charge in [0, 0.05) is 18.8 Å². The van der Waals surface area contributed by atoms with Crippen molar-refractivity contribution in [2.45, 2.75) is 20.4 Å². The predicted octanol–water partition coefficient (Wildman–Crippen LogP) is 3.52. The second kappa shape index (κ2) is 8.55. The zero-order valence-electron chi connectivity index (χ0n) is 15.3. The van der Waals surface area contributed by atoms with Crippen LogP contribution >= 0.6 is 12.2 Å². The molecular formula is C20H21N5OS. The standard InChI is InChI=1S/C20H21N5OS/c1-3-24(14-17-7-5-4-6-8-17)18-11-9-16(10-12-18)13-21-25-19(26)15(2)22-23-20(25)27/h4-13H,3,14H2,1-2H3,(H,23,27)/b21-13+. The highest BCUT2D eigenvalue weighted by molar-refractivity contribution is 7.71. The lowest BCUT2D eigenvalue weighted by atomic mass is 10.1. The summed E-state index contributed by atoms with van der Waals surface area (Å²) in [4.78, 5) is 14.4. The van der Waals surface area contributed by atoms with Crippen molar-refractivity contribution in [2.75, 3.05) is 11.4 Å². The minimum atomic E-state index is -0.327. The summed E-state index contributed by atoms with van der Waals surface area (Å²) in [5.41, 5.74) is 3.27. The number of nitrogens with zero attached hydrogens (tertiary/aromatic N) is 4. The third-order valence-electron chi connectivity index (χ3n) is 4.19. The highest BCUT2D eigenvalue weighted by Crippen LogP contribution is 2.17. The average molecular weight is 379 g/mol. The molecule has 0 spiro atoms. The Kier molecular flexibility index (Phi) is 5.93. The van der Waals surface area contributed by atoms with Crippen LogP contribution in [0.4, 0.5) is 5.69 Å². The molecule has 3 rings (SSSR count). The zero-order valence-corrected chi connectivity index (χ0v) is 16.1. The molecule has 0 aliphatic carbocycles. The fourth-order valence-corrected chi connectivity index (χ4v) is 2.84. The van der Waals surface area contributed by atoms with Gasteiger partial charge in [0.25, 0.3) is 5.56 Å². The number of aryl methyl sites for hydroxylation is 1. The van der Waals surface area contributed by atoms with Gasteiger partial charge in [-0.3, -0.25) is 9.89 Å². The normalized spacial score (nSPS) is 11.0. The Labute approximate surface area is 162 Å². The summed E-state index contributed by atoms with van der Waals surface area (Å²) < 4.78 is 1.30. The quantitative estimate of drug-likeness (QED) is 0.526. The summed E-state index contributed by atoms with van der Waals surface area (Å²) in [6.45, 7) is 5.51. The van der Waals surface area contributed by atoms with Crippen LogP contribution in [0.1, 0.15) is 23.7 Å². The van der Waals surface area contributed by atoms with Gasteiger partial charge in [0.2, 0.25) is 4.77 Å². The van der Waals surface area contributed by atoms with Gasteiger partial charge in [-0.25, -0.2) is 0 Å². The topological polar surface area (TPSA) is 66.3 Å². The third kappa shape index (κ3) is 4.57. The minimum absolute atomic E-state index is 0.165. The van der Waals surface area contributed by atoms with E-state index in [0.717, 1.165) is 29.0 Å². The fourth-order valence-electron chi connectivity index (χ4n) is 2.66. The number of benzene rings is 2. The maximum absolute atomic E-state index is 12.1. The second-order valence-corrected chi connectivity index (χ2v) is 6.45. The molecule has 0 aliphatic rings. The second-order valence-electron chi connectivity index (χ2n) is 6.07. The number of aromatic nitrogens is 3. The molecule has 7 heteroatoms. The summed E-state index contributed by atoms with van der Waals surface area (Å²) in [7, 11) is 0. The lowest BCUT2D eigenvalue weighted by Crippen LogP contribution is -2.22. The third-order valence-corrected chi connectivity index (χ3v) is 4.46. The molecule has 6 nitrogen and oxygen atoms in total. The summed E-state index contributed by atoms with van der Waals surface area (Å²) >= 11 is 5.07. The van der Waals surface area contributed by atoms with E-state index in [4.69, 9.17) is 12.2 Å². The van der Waals surface area contributed by atoms with Crippen molar-refractivity contribution in [2.24, 2.45) is 5.10 Å². The van der Waals surface area contributed by atoms with Crippen LogP contribution in [0.25, 0.3) is 0 Å². The molecule has 1 N–H and O–H groups in total. The van der Waals surface area contributed by atoms with Gasteiger partial charge in [-0.1, -0.05) is 42.5 Å². The van der Waals surface area contributed by atoms with E-state index in [1.807, 2.05) is 18.2 Å². The molecule has 138 valence electrons. The van der Waals surface area contributed by atoms with Gasteiger partial charge in [-0.15, -0.1) is 0 Å².